The van der Waals surface area contributed by atoms with Gasteiger partial charge in [-0.15, -0.1) is 11.3 Å². The van der Waals surface area contributed by atoms with Gasteiger partial charge >= 0.3 is 0 Å². The van der Waals surface area contributed by atoms with Crippen LogP contribution in [0.3, 0.4) is 0 Å². The van der Waals surface area contributed by atoms with Gasteiger partial charge in [0.2, 0.25) is 0 Å². The molecule has 7 heteroatoms. The van der Waals surface area contributed by atoms with Crippen molar-refractivity contribution in [2.24, 2.45) is 0 Å². The Labute approximate surface area is 203 Å². The maximum absolute atomic E-state index is 13.5. The summed E-state index contributed by atoms with van der Waals surface area (Å²) in [5.74, 6) is -0.184. The van der Waals surface area contributed by atoms with Crippen molar-refractivity contribution in [2.75, 3.05) is 13.1 Å². The number of thiazole rings is 1. The highest BCUT2D eigenvalue weighted by Crippen LogP contribution is 2.29. The zero-order chi connectivity index (χ0) is 24.0. The first-order valence-corrected chi connectivity index (χ1v) is 12.4. The lowest BCUT2D eigenvalue weighted by Gasteiger charge is -2.41. The van der Waals surface area contributed by atoms with Gasteiger partial charge in [0.05, 0.1) is 11.7 Å². The lowest BCUT2D eigenvalue weighted by atomic mass is 9.94. The Kier molecular flexibility index (Phi) is 5.73. The van der Waals surface area contributed by atoms with E-state index in [0.29, 0.717) is 24.3 Å². The molecule has 1 aliphatic heterocycles. The average Bonchev–Trinajstić information content (AvgIpc) is 3.34. The first-order valence-electron chi connectivity index (χ1n) is 11.5. The molecule has 3 heterocycles. The molecule has 2 aromatic heterocycles. The van der Waals surface area contributed by atoms with Gasteiger partial charge in [0.25, 0.3) is 11.8 Å². The number of hydrogen-bond acceptors (Lipinski definition) is 4. The molecule has 4 aromatic rings. The van der Waals surface area contributed by atoms with E-state index in [4.69, 9.17) is 0 Å². The van der Waals surface area contributed by atoms with Gasteiger partial charge < -0.3 is 10.2 Å². The van der Waals surface area contributed by atoms with Gasteiger partial charge in [-0.2, -0.15) is 0 Å². The summed E-state index contributed by atoms with van der Waals surface area (Å²) in [5, 5.41) is 5.04. The molecule has 0 saturated carbocycles. The van der Waals surface area contributed by atoms with Crippen LogP contribution in [0.4, 0.5) is 0 Å². The molecule has 1 aliphatic rings. The van der Waals surface area contributed by atoms with Crippen molar-refractivity contribution in [3.8, 4) is 11.1 Å². The highest BCUT2D eigenvalue weighted by atomic mass is 32.1. The van der Waals surface area contributed by atoms with Crippen LogP contribution in [0.15, 0.2) is 47.8 Å². The molecule has 0 aliphatic carbocycles. The number of fused-ring (bicyclic) bond motifs is 1. The molecule has 1 atom stereocenters. The monoisotopic (exact) mass is 472 g/mol. The largest absolute Gasteiger partial charge is 0.349 e. The number of imidazole rings is 1. The molecule has 1 N–H and O–H groups in total. The summed E-state index contributed by atoms with van der Waals surface area (Å²) in [7, 11) is 0. The molecular formula is C27H28N4O2S. The van der Waals surface area contributed by atoms with Crippen molar-refractivity contribution < 1.29 is 9.59 Å². The second-order valence-corrected chi connectivity index (χ2v) is 9.87. The number of benzene rings is 2. The molecule has 6 nitrogen and oxygen atoms in total. The number of amides is 2. The maximum atomic E-state index is 13.5. The lowest BCUT2D eigenvalue weighted by molar-refractivity contribution is 0.0456. The zero-order valence-corrected chi connectivity index (χ0v) is 20.7. The fourth-order valence-corrected chi connectivity index (χ4v) is 5.49. The molecule has 174 valence electrons. The van der Waals surface area contributed by atoms with Crippen molar-refractivity contribution in [1.29, 1.82) is 0 Å². The molecule has 0 radical (unpaired) electrons. The fourth-order valence-electron chi connectivity index (χ4n) is 4.58. The second kappa shape index (κ2) is 8.72. The van der Waals surface area contributed by atoms with Crippen LogP contribution in [0.5, 0.6) is 0 Å². The summed E-state index contributed by atoms with van der Waals surface area (Å²) < 4.78 is 2.00. The van der Waals surface area contributed by atoms with E-state index in [2.05, 4.69) is 42.3 Å². The van der Waals surface area contributed by atoms with Gasteiger partial charge in [0.15, 0.2) is 10.7 Å². The molecule has 1 saturated heterocycles. The van der Waals surface area contributed by atoms with Crippen LogP contribution in [0.25, 0.3) is 16.1 Å². The number of aryl methyl sites for hydroxylation is 4. The first-order chi connectivity index (χ1) is 16.3. The highest BCUT2D eigenvalue weighted by molar-refractivity contribution is 7.15. The number of nitrogens with one attached hydrogen (secondary N) is 1. The van der Waals surface area contributed by atoms with Crippen molar-refractivity contribution in [2.45, 2.75) is 40.2 Å². The van der Waals surface area contributed by atoms with E-state index in [1.54, 1.807) is 0 Å². The third kappa shape index (κ3) is 3.80. The summed E-state index contributed by atoms with van der Waals surface area (Å²) in [6.07, 6.45) is 0.869. The third-order valence-corrected chi connectivity index (χ3v) is 7.80. The quantitative estimate of drug-likeness (QED) is 0.447. The van der Waals surface area contributed by atoms with Crippen LogP contribution in [0, 0.1) is 27.7 Å². The predicted octanol–water partition coefficient (Wildman–Crippen LogP) is 4.94. The Balaban J connectivity index is 1.30. The summed E-state index contributed by atoms with van der Waals surface area (Å²) >= 11 is 1.53. The number of aromatic nitrogens is 2. The standard InChI is InChI=1S/C27H28N4O2S/c1-16-9-10-20(13-17(16)2)22-7-5-6-8-23(22)26(33)30-12-11-21(30)14-28-25(32)24-19(4)31-18(3)15-34-27(31)29-24/h5-10,13,15,21H,11-12,14H2,1-4H3,(H,28,32). The van der Waals surface area contributed by atoms with Gasteiger partial charge in [-0.25, -0.2) is 4.98 Å². The Morgan fingerprint density at radius 1 is 1.09 bits per heavy atom. The van der Waals surface area contributed by atoms with E-state index in [1.807, 2.05) is 52.8 Å². The van der Waals surface area contributed by atoms with Crippen LogP contribution >= 0.6 is 11.3 Å². The van der Waals surface area contributed by atoms with E-state index in [-0.39, 0.29) is 17.9 Å². The number of nitrogens with zero attached hydrogens (tertiary/aromatic N) is 3. The van der Waals surface area contributed by atoms with Gasteiger partial charge in [-0.1, -0.05) is 36.4 Å². The Hall–Kier alpha value is -3.45. The van der Waals surface area contributed by atoms with Crippen LogP contribution in [-0.4, -0.2) is 45.2 Å². The topological polar surface area (TPSA) is 66.7 Å². The lowest BCUT2D eigenvalue weighted by Crippen LogP contribution is -2.56. The summed E-state index contributed by atoms with van der Waals surface area (Å²) in [6, 6.07) is 14.1. The molecule has 2 aromatic carbocycles. The number of likely N-dealkylation sites (tertiary alicyclic amines) is 1. The highest BCUT2D eigenvalue weighted by Gasteiger charge is 2.34. The summed E-state index contributed by atoms with van der Waals surface area (Å²) in [4.78, 5) is 33.5. The van der Waals surface area contributed by atoms with Gasteiger partial charge in [-0.05, 0) is 62.4 Å². The Morgan fingerprint density at radius 2 is 1.88 bits per heavy atom. The SMILES string of the molecule is Cc1ccc(-c2ccccc2C(=O)N2CCC2CNC(=O)c2nc3scc(C)n3c2C)cc1C. The Morgan fingerprint density at radius 3 is 2.59 bits per heavy atom. The summed E-state index contributed by atoms with van der Waals surface area (Å²) in [5.41, 5.74) is 7.48. The first kappa shape index (κ1) is 22.3. The second-order valence-electron chi connectivity index (χ2n) is 9.04. The maximum Gasteiger partial charge on any atom is 0.271 e. The van der Waals surface area contributed by atoms with Crippen LogP contribution < -0.4 is 5.32 Å². The van der Waals surface area contributed by atoms with E-state index in [0.717, 1.165) is 33.9 Å². The molecule has 5 rings (SSSR count). The van der Waals surface area contributed by atoms with Crippen molar-refractivity contribution in [3.63, 3.8) is 0 Å². The number of carbonyl (C=O) groups excluding carboxylic acids is 2. The van der Waals surface area contributed by atoms with Crippen LogP contribution in [0.2, 0.25) is 0 Å². The van der Waals surface area contributed by atoms with Crippen molar-refractivity contribution in [1.82, 2.24) is 19.6 Å². The molecular weight excluding hydrogens is 444 g/mol. The molecule has 1 fully saturated rings. The molecule has 34 heavy (non-hydrogen) atoms. The number of hydrogen-bond donors (Lipinski definition) is 1. The molecule has 1 unspecified atom stereocenters. The summed E-state index contributed by atoms with van der Waals surface area (Å²) in [6.45, 7) is 9.21. The van der Waals surface area contributed by atoms with Gasteiger partial charge in [-0.3, -0.25) is 14.0 Å². The van der Waals surface area contributed by atoms with Gasteiger partial charge in [0, 0.05) is 29.7 Å². The van der Waals surface area contributed by atoms with Crippen molar-refractivity contribution in [3.05, 3.63) is 81.6 Å². The smallest absolute Gasteiger partial charge is 0.271 e. The van der Waals surface area contributed by atoms with Crippen molar-refractivity contribution >= 4 is 28.1 Å². The normalized spacial score (nSPS) is 15.4. The minimum Gasteiger partial charge on any atom is -0.349 e. The molecule has 0 spiro atoms. The average molecular weight is 473 g/mol. The zero-order valence-electron chi connectivity index (χ0n) is 19.9. The van der Waals surface area contributed by atoms with E-state index in [1.165, 1.54) is 22.5 Å². The number of carbonyl (C=O) groups is 2. The predicted molar refractivity (Wildman–Crippen MR) is 136 cm³/mol. The molecule has 2 amide bonds. The van der Waals surface area contributed by atoms with Crippen LogP contribution in [0.1, 0.15) is 49.8 Å². The van der Waals surface area contributed by atoms with Crippen LogP contribution in [-0.2, 0) is 0 Å². The fraction of sp³-hybridized carbons (Fsp3) is 0.296. The minimum absolute atomic E-state index is 0.00800. The van der Waals surface area contributed by atoms with E-state index < -0.39 is 0 Å². The third-order valence-electron chi connectivity index (χ3n) is 6.86. The molecule has 0 bridgehead atoms. The minimum atomic E-state index is -0.192. The van der Waals surface area contributed by atoms with E-state index in [9.17, 15) is 9.59 Å². The Bertz CT molecular complexity index is 1420. The van der Waals surface area contributed by atoms with Gasteiger partial charge in [0.1, 0.15) is 0 Å². The van der Waals surface area contributed by atoms with E-state index >= 15 is 0 Å². The number of rotatable bonds is 5.